The normalized spacial score (nSPS) is 17.1. The highest BCUT2D eigenvalue weighted by Crippen LogP contribution is 2.34. The van der Waals surface area contributed by atoms with E-state index in [2.05, 4.69) is 5.10 Å². The summed E-state index contributed by atoms with van der Waals surface area (Å²) in [6.45, 7) is 5.52. The van der Waals surface area contributed by atoms with Crippen molar-refractivity contribution >= 4 is 11.9 Å². The number of anilines is 1. The van der Waals surface area contributed by atoms with E-state index in [1.54, 1.807) is 6.07 Å². The minimum Gasteiger partial charge on any atom is -0.442 e. The Morgan fingerprint density at radius 1 is 1.44 bits per heavy atom. The molecule has 0 aromatic carbocycles. The molecule has 1 saturated carbocycles. The molecule has 2 N–H and O–H groups in total. The zero-order valence-corrected chi connectivity index (χ0v) is 11.3. The van der Waals surface area contributed by atoms with Gasteiger partial charge in [-0.1, -0.05) is 12.8 Å². The van der Waals surface area contributed by atoms with Gasteiger partial charge >= 0.3 is 6.09 Å². The van der Waals surface area contributed by atoms with E-state index < -0.39 is 11.7 Å². The highest BCUT2D eigenvalue weighted by Gasteiger charge is 2.27. The summed E-state index contributed by atoms with van der Waals surface area (Å²) in [6, 6.07) is 1.79. The summed E-state index contributed by atoms with van der Waals surface area (Å²) in [5.74, 6) is 0.755. The number of carbonyl (C=O) groups is 1. The molecule has 5 heteroatoms. The van der Waals surface area contributed by atoms with E-state index >= 15 is 0 Å². The third-order valence-corrected chi connectivity index (χ3v) is 3.10. The van der Waals surface area contributed by atoms with Crippen LogP contribution in [0.25, 0.3) is 0 Å². The molecule has 1 aromatic heterocycles. The van der Waals surface area contributed by atoms with Crippen LogP contribution in [0.4, 0.5) is 10.6 Å². The van der Waals surface area contributed by atoms with E-state index in [4.69, 9.17) is 10.5 Å². The number of hydrogen-bond donors (Lipinski definition) is 1. The van der Waals surface area contributed by atoms with Crippen LogP contribution >= 0.6 is 0 Å². The lowest BCUT2D eigenvalue weighted by molar-refractivity contribution is 0.0508. The number of hydrogen-bond acceptors (Lipinski definition) is 4. The van der Waals surface area contributed by atoms with E-state index in [0.717, 1.165) is 18.5 Å². The first-order valence-corrected chi connectivity index (χ1v) is 6.45. The molecule has 5 nitrogen and oxygen atoms in total. The van der Waals surface area contributed by atoms with Crippen molar-refractivity contribution in [3.05, 3.63) is 11.8 Å². The lowest BCUT2D eigenvalue weighted by atomic mass is 10.0. The number of carbonyl (C=O) groups excluding carboxylic acids is 1. The molecule has 0 radical (unpaired) electrons. The molecular weight excluding hydrogens is 230 g/mol. The summed E-state index contributed by atoms with van der Waals surface area (Å²) in [6.07, 6.45) is 4.14. The molecule has 18 heavy (non-hydrogen) atoms. The summed E-state index contributed by atoms with van der Waals surface area (Å²) < 4.78 is 6.67. The second-order valence-corrected chi connectivity index (χ2v) is 5.87. The van der Waals surface area contributed by atoms with Gasteiger partial charge in [-0.15, -0.1) is 5.10 Å². The predicted molar refractivity (Wildman–Crippen MR) is 69.5 cm³/mol. The van der Waals surface area contributed by atoms with Crippen molar-refractivity contribution in [3.63, 3.8) is 0 Å². The molecule has 100 valence electrons. The van der Waals surface area contributed by atoms with Gasteiger partial charge in [0.2, 0.25) is 0 Å². The Morgan fingerprint density at radius 3 is 2.61 bits per heavy atom. The van der Waals surface area contributed by atoms with Crippen LogP contribution in [0.1, 0.15) is 58.1 Å². The smallest absolute Gasteiger partial charge is 0.435 e. The zero-order valence-electron chi connectivity index (χ0n) is 11.3. The largest absolute Gasteiger partial charge is 0.442 e. The molecule has 0 unspecified atom stereocenters. The highest BCUT2D eigenvalue weighted by atomic mass is 16.6. The van der Waals surface area contributed by atoms with E-state index in [-0.39, 0.29) is 0 Å². The van der Waals surface area contributed by atoms with Gasteiger partial charge < -0.3 is 10.5 Å². The molecule has 0 spiro atoms. The average Bonchev–Trinajstić information content (AvgIpc) is 2.82. The van der Waals surface area contributed by atoms with Crippen LogP contribution in [-0.4, -0.2) is 21.5 Å². The minimum atomic E-state index is -0.523. The van der Waals surface area contributed by atoms with Gasteiger partial charge in [-0.05, 0) is 33.6 Å². The van der Waals surface area contributed by atoms with Gasteiger partial charge in [0.15, 0.2) is 0 Å². The summed E-state index contributed by atoms with van der Waals surface area (Å²) in [5.41, 5.74) is 6.07. The molecule has 1 aliphatic carbocycles. The van der Waals surface area contributed by atoms with Gasteiger partial charge in [-0.2, -0.15) is 4.68 Å². The third-order valence-electron chi connectivity index (χ3n) is 3.10. The molecule has 1 fully saturated rings. The van der Waals surface area contributed by atoms with Gasteiger partial charge in [0.1, 0.15) is 11.4 Å². The Labute approximate surface area is 107 Å². The Bertz CT molecular complexity index is 440. The van der Waals surface area contributed by atoms with Crippen LogP contribution < -0.4 is 5.73 Å². The van der Waals surface area contributed by atoms with E-state index in [0.29, 0.717) is 11.7 Å². The molecule has 0 bridgehead atoms. The Morgan fingerprint density at radius 2 is 2.06 bits per heavy atom. The quantitative estimate of drug-likeness (QED) is 0.833. The van der Waals surface area contributed by atoms with Crippen molar-refractivity contribution in [1.82, 2.24) is 9.78 Å². The van der Waals surface area contributed by atoms with Gasteiger partial charge in [-0.25, -0.2) is 4.79 Å². The molecule has 1 heterocycles. The molecule has 0 atom stereocenters. The average molecular weight is 251 g/mol. The fourth-order valence-corrected chi connectivity index (χ4v) is 2.38. The van der Waals surface area contributed by atoms with E-state index in [9.17, 15) is 4.79 Å². The Balaban J connectivity index is 2.24. The van der Waals surface area contributed by atoms with Gasteiger partial charge in [-0.3, -0.25) is 0 Å². The van der Waals surface area contributed by atoms with Crippen molar-refractivity contribution in [2.24, 2.45) is 0 Å². The van der Waals surface area contributed by atoms with E-state index in [1.807, 2.05) is 20.8 Å². The van der Waals surface area contributed by atoms with Crippen molar-refractivity contribution in [1.29, 1.82) is 0 Å². The van der Waals surface area contributed by atoms with Gasteiger partial charge in [0, 0.05) is 12.0 Å². The first kappa shape index (κ1) is 12.9. The first-order chi connectivity index (χ1) is 8.37. The van der Waals surface area contributed by atoms with Crippen molar-refractivity contribution in [2.45, 2.75) is 58.0 Å². The summed E-state index contributed by atoms with van der Waals surface area (Å²) >= 11 is 0. The van der Waals surface area contributed by atoms with Gasteiger partial charge in [0.05, 0.1) is 5.69 Å². The molecule has 0 saturated heterocycles. The molecule has 2 rings (SSSR count). The van der Waals surface area contributed by atoms with Crippen molar-refractivity contribution in [2.75, 3.05) is 5.73 Å². The molecule has 1 aliphatic rings. The maximum Gasteiger partial charge on any atom is 0.435 e. The maximum atomic E-state index is 12.1. The molecule has 0 aliphatic heterocycles. The number of nitrogen functional groups attached to an aromatic ring is 1. The van der Waals surface area contributed by atoms with Crippen LogP contribution in [0.15, 0.2) is 6.07 Å². The van der Waals surface area contributed by atoms with Crippen LogP contribution in [0, 0.1) is 0 Å². The summed E-state index contributed by atoms with van der Waals surface area (Å²) in [7, 11) is 0. The van der Waals surface area contributed by atoms with Crippen molar-refractivity contribution < 1.29 is 9.53 Å². The summed E-state index contributed by atoms with van der Waals surface area (Å²) in [4.78, 5) is 12.1. The van der Waals surface area contributed by atoms with E-state index in [1.165, 1.54) is 17.5 Å². The van der Waals surface area contributed by atoms with Gasteiger partial charge in [0.25, 0.3) is 0 Å². The van der Waals surface area contributed by atoms with Crippen molar-refractivity contribution in [3.8, 4) is 0 Å². The molecular formula is C13H21N3O2. The Kier molecular flexibility index (Phi) is 3.32. The molecule has 1 aromatic rings. The fourth-order valence-electron chi connectivity index (χ4n) is 2.38. The van der Waals surface area contributed by atoms with Crippen LogP contribution in [0.2, 0.25) is 0 Å². The van der Waals surface area contributed by atoms with Crippen LogP contribution in [0.3, 0.4) is 0 Å². The number of ether oxygens (including phenoxy) is 1. The molecule has 0 amide bonds. The topological polar surface area (TPSA) is 70.1 Å². The number of nitrogens with zero attached hydrogens (tertiary/aromatic N) is 2. The summed E-state index contributed by atoms with van der Waals surface area (Å²) in [5, 5.41) is 4.06. The first-order valence-electron chi connectivity index (χ1n) is 6.45. The monoisotopic (exact) mass is 251 g/mol. The third kappa shape index (κ3) is 2.83. The number of aromatic nitrogens is 2. The van der Waals surface area contributed by atoms with Crippen LogP contribution in [0.5, 0.6) is 0 Å². The SMILES string of the molecule is CC(C)(C)OC(=O)n1nc(N)cc1C1CCCC1. The lowest BCUT2D eigenvalue weighted by Gasteiger charge is -2.20. The fraction of sp³-hybridized carbons (Fsp3) is 0.692. The Hall–Kier alpha value is -1.52. The lowest BCUT2D eigenvalue weighted by Crippen LogP contribution is -2.29. The van der Waals surface area contributed by atoms with Crippen LogP contribution in [-0.2, 0) is 4.74 Å². The second-order valence-electron chi connectivity index (χ2n) is 5.87. The zero-order chi connectivity index (χ0) is 13.3. The number of nitrogens with two attached hydrogens (primary N) is 1. The number of rotatable bonds is 1. The highest BCUT2D eigenvalue weighted by molar-refractivity contribution is 5.71. The maximum absolute atomic E-state index is 12.1. The standard InChI is InChI=1S/C13H21N3O2/c1-13(2,3)18-12(17)16-10(8-11(14)15-16)9-6-4-5-7-9/h8-9H,4-7H2,1-3H3,(H2,14,15). The minimum absolute atomic E-state index is 0.377. The second kappa shape index (κ2) is 4.63. The predicted octanol–water partition coefficient (Wildman–Crippen LogP) is 2.91.